The zero-order valence-corrected chi connectivity index (χ0v) is 16.7. The molecule has 0 aliphatic carbocycles. The molecule has 0 saturated carbocycles. The van der Waals surface area contributed by atoms with E-state index in [0.29, 0.717) is 18.8 Å². The van der Waals surface area contributed by atoms with E-state index in [2.05, 4.69) is 22.2 Å². The first-order valence-electron chi connectivity index (χ1n) is 9.31. The molecule has 2 aromatic carbocycles. The normalized spacial score (nSPS) is 13.5. The van der Waals surface area contributed by atoms with Crippen molar-refractivity contribution in [3.05, 3.63) is 53.6 Å². The highest BCUT2D eigenvalue weighted by Crippen LogP contribution is 2.31. The van der Waals surface area contributed by atoms with Crippen molar-refractivity contribution in [3.63, 3.8) is 0 Å². The predicted octanol–water partition coefficient (Wildman–Crippen LogP) is 4.83. The number of anilines is 1. The Morgan fingerprint density at radius 2 is 1.79 bits per heavy atom. The number of hydrogen-bond donors (Lipinski definition) is 1. The monoisotopic (exact) mass is 382 g/mol. The summed E-state index contributed by atoms with van der Waals surface area (Å²) in [4.78, 5) is 25.5. The second kappa shape index (κ2) is 7.92. The number of amides is 2. The highest BCUT2D eigenvalue weighted by atomic mass is 16.6. The van der Waals surface area contributed by atoms with E-state index in [-0.39, 0.29) is 6.09 Å². The minimum Gasteiger partial charge on any atom is -0.453 e. The van der Waals surface area contributed by atoms with Crippen LogP contribution in [0.1, 0.15) is 31.9 Å². The van der Waals surface area contributed by atoms with Gasteiger partial charge in [-0.1, -0.05) is 30.3 Å². The third kappa shape index (κ3) is 4.63. The van der Waals surface area contributed by atoms with Crippen LogP contribution in [0.25, 0.3) is 11.1 Å². The fourth-order valence-electron chi connectivity index (χ4n) is 3.26. The molecule has 0 unspecified atom stereocenters. The number of hydrogen-bond acceptors (Lipinski definition) is 4. The lowest BCUT2D eigenvalue weighted by atomic mass is 9.91. The average Bonchev–Trinajstić information content (AvgIpc) is 2.66. The van der Waals surface area contributed by atoms with Crippen LogP contribution in [-0.2, 0) is 22.4 Å². The van der Waals surface area contributed by atoms with Crippen molar-refractivity contribution >= 4 is 17.9 Å². The van der Waals surface area contributed by atoms with Gasteiger partial charge in [-0.25, -0.2) is 9.59 Å². The van der Waals surface area contributed by atoms with Gasteiger partial charge in [0.05, 0.1) is 7.11 Å². The maximum Gasteiger partial charge on any atom is 0.411 e. The van der Waals surface area contributed by atoms with Gasteiger partial charge in [0.15, 0.2) is 0 Å². The number of methoxy groups -OCH3 is 1. The van der Waals surface area contributed by atoms with Gasteiger partial charge in [0.2, 0.25) is 0 Å². The summed E-state index contributed by atoms with van der Waals surface area (Å²) in [7, 11) is 1.33. The third-order valence-corrected chi connectivity index (χ3v) is 4.55. The first-order valence-corrected chi connectivity index (χ1v) is 9.31. The van der Waals surface area contributed by atoms with Gasteiger partial charge in [0.1, 0.15) is 5.60 Å². The molecular weight excluding hydrogens is 356 g/mol. The number of rotatable bonds is 2. The van der Waals surface area contributed by atoms with Crippen LogP contribution >= 0.6 is 0 Å². The highest BCUT2D eigenvalue weighted by molar-refractivity contribution is 5.85. The number of fused-ring (bicyclic) bond motifs is 1. The first kappa shape index (κ1) is 19.7. The topological polar surface area (TPSA) is 67.9 Å². The van der Waals surface area contributed by atoms with Crippen LogP contribution in [-0.4, -0.2) is 36.3 Å². The lowest BCUT2D eigenvalue weighted by Gasteiger charge is -2.32. The van der Waals surface area contributed by atoms with E-state index < -0.39 is 11.7 Å². The van der Waals surface area contributed by atoms with Crippen LogP contribution in [0.15, 0.2) is 42.5 Å². The fraction of sp³-hybridized carbons (Fsp3) is 0.364. The summed E-state index contributed by atoms with van der Waals surface area (Å²) in [5.74, 6) is 0. The Kier molecular flexibility index (Phi) is 5.58. The molecule has 3 rings (SSSR count). The van der Waals surface area contributed by atoms with Gasteiger partial charge in [0, 0.05) is 18.8 Å². The standard InChI is InChI=1S/C22H26N2O4/c1-22(2,3)28-21(26)24-13-12-19-16(14-24)6-5-7-18(19)15-8-10-17(11-9-15)23-20(25)27-4/h5-11H,12-14H2,1-4H3,(H,23,25). The molecule has 6 heteroatoms. The number of ether oxygens (including phenoxy) is 2. The Morgan fingerprint density at radius 1 is 1.07 bits per heavy atom. The summed E-state index contributed by atoms with van der Waals surface area (Å²) < 4.78 is 10.1. The molecule has 1 N–H and O–H groups in total. The van der Waals surface area contributed by atoms with Crippen LogP contribution in [0.2, 0.25) is 0 Å². The van der Waals surface area contributed by atoms with Gasteiger partial charge in [-0.15, -0.1) is 0 Å². The maximum absolute atomic E-state index is 12.4. The molecule has 148 valence electrons. The van der Waals surface area contributed by atoms with E-state index in [4.69, 9.17) is 4.74 Å². The Hall–Kier alpha value is -3.02. The van der Waals surface area contributed by atoms with Crippen molar-refractivity contribution in [1.82, 2.24) is 4.90 Å². The van der Waals surface area contributed by atoms with Crippen molar-refractivity contribution in [3.8, 4) is 11.1 Å². The van der Waals surface area contributed by atoms with E-state index in [9.17, 15) is 9.59 Å². The van der Waals surface area contributed by atoms with Crippen LogP contribution in [0.5, 0.6) is 0 Å². The van der Waals surface area contributed by atoms with Crippen LogP contribution in [0.4, 0.5) is 15.3 Å². The molecular formula is C22H26N2O4. The summed E-state index contributed by atoms with van der Waals surface area (Å²) in [5.41, 5.74) is 4.77. The fourth-order valence-corrected chi connectivity index (χ4v) is 3.26. The molecule has 2 aromatic rings. The van der Waals surface area contributed by atoms with Crippen molar-refractivity contribution in [2.24, 2.45) is 0 Å². The second-order valence-electron chi connectivity index (χ2n) is 7.79. The Morgan fingerprint density at radius 3 is 2.43 bits per heavy atom. The third-order valence-electron chi connectivity index (χ3n) is 4.55. The molecule has 0 saturated heterocycles. The maximum atomic E-state index is 12.4. The van der Waals surface area contributed by atoms with Crippen LogP contribution < -0.4 is 5.32 Å². The van der Waals surface area contributed by atoms with E-state index in [0.717, 1.165) is 23.1 Å². The van der Waals surface area contributed by atoms with E-state index in [1.54, 1.807) is 4.90 Å². The van der Waals surface area contributed by atoms with Crippen LogP contribution in [0.3, 0.4) is 0 Å². The highest BCUT2D eigenvalue weighted by Gasteiger charge is 2.26. The average molecular weight is 382 g/mol. The molecule has 0 radical (unpaired) electrons. The molecule has 0 atom stereocenters. The summed E-state index contributed by atoms with van der Waals surface area (Å²) in [6, 6.07) is 13.8. The smallest absolute Gasteiger partial charge is 0.411 e. The predicted molar refractivity (Wildman–Crippen MR) is 108 cm³/mol. The number of nitrogens with zero attached hydrogens (tertiary/aromatic N) is 1. The Bertz CT molecular complexity index is 869. The zero-order chi connectivity index (χ0) is 20.3. The molecule has 1 heterocycles. The van der Waals surface area contributed by atoms with Gasteiger partial charge in [-0.3, -0.25) is 5.32 Å². The molecule has 0 spiro atoms. The second-order valence-corrected chi connectivity index (χ2v) is 7.79. The largest absolute Gasteiger partial charge is 0.453 e. The number of carbonyl (C=O) groups is 2. The van der Waals surface area contributed by atoms with Gasteiger partial charge in [-0.05, 0) is 61.6 Å². The summed E-state index contributed by atoms with van der Waals surface area (Å²) in [6.07, 6.45) is 0.00118. The van der Waals surface area contributed by atoms with E-state index in [1.807, 2.05) is 51.1 Å². The quantitative estimate of drug-likeness (QED) is 0.808. The Labute approximate surface area is 165 Å². The summed E-state index contributed by atoms with van der Waals surface area (Å²) in [5, 5.41) is 2.65. The molecule has 6 nitrogen and oxygen atoms in total. The molecule has 1 aliphatic heterocycles. The minimum absolute atomic E-state index is 0.276. The summed E-state index contributed by atoms with van der Waals surface area (Å²) >= 11 is 0. The molecule has 0 fully saturated rings. The van der Waals surface area contributed by atoms with Gasteiger partial charge < -0.3 is 14.4 Å². The number of benzene rings is 2. The lowest BCUT2D eigenvalue weighted by molar-refractivity contribution is 0.0224. The Balaban J connectivity index is 1.79. The van der Waals surface area contributed by atoms with Crippen molar-refractivity contribution in [2.45, 2.75) is 39.3 Å². The number of carbonyl (C=O) groups excluding carboxylic acids is 2. The lowest BCUT2D eigenvalue weighted by Crippen LogP contribution is -2.40. The minimum atomic E-state index is -0.501. The summed E-state index contributed by atoms with van der Waals surface area (Å²) in [6.45, 7) is 6.79. The molecule has 0 aromatic heterocycles. The number of nitrogens with one attached hydrogen (secondary N) is 1. The van der Waals surface area contributed by atoms with Crippen molar-refractivity contribution in [1.29, 1.82) is 0 Å². The van der Waals surface area contributed by atoms with Gasteiger partial charge in [-0.2, -0.15) is 0 Å². The molecule has 2 amide bonds. The van der Waals surface area contributed by atoms with E-state index in [1.165, 1.54) is 12.7 Å². The van der Waals surface area contributed by atoms with Crippen molar-refractivity contribution in [2.75, 3.05) is 19.0 Å². The van der Waals surface area contributed by atoms with E-state index >= 15 is 0 Å². The molecule has 0 bridgehead atoms. The molecule has 28 heavy (non-hydrogen) atoms. The zero-order valence-electron chi connectivity index (χ0n) is 16.7. The molecule has 1 aliphatic rings. The van der Waals surface area contributed by atoms with Crippen LogP contribution in [0, 0.1) is 0 Å². The van der Waals surface area contributed by atoms with Crippen molar-refractivity contribution < 1.29 is 19.1 Å². The SMILES string of the molecule is COC(=O)Nc1ccc(-c2cccc3c2CCN(C(=O)OC(C)(C)C)C3)cc1. The van der Waals surface area contributed by atoms with Gasteiger partial charge in [0.25, 0.3) is 0 Å². The van der Waals surface area contributed by atoms with Gasteiger partial charge >= 0.3 is 12.2 Å². The first-order chi connectivity index (χ1) is 13.3.